The maximum Gasteiger partial charge on any atom is 0.246 e. The van der Waals surface area contributed by atoms with Crippen molar-refractivity contribution >= 4 is 35.2 Å². The predicted octanol–water partition coefficient (Wildman–Crippen LogP) is 0.546. The molecule has 3 fully saturated rings. The lowest BCUT2D eigenvalue weighted by Gasteiger charge is -2.35. The molecule has 0 aromatic heterocycles. The molecule has 0 saturated carbocycles. The molecule has 3 aliphatic heterocycles. The second-order valence-corrected chi connectivity index (χ2v) is 10.4. The van der Waals surface area contributed by atoms with Crippen LogP contribution in [-0.4, -0.2) is 71.7 Å². The molecule has 1 aromatic carbocycles. The van der Waals surface area contributed by atoms with Gasteiger partial charge in [0.25, 0.3) is 0 Å². The number of carbonyl (C=O) groups excluding carboxylic acids is 5. The van der Waals surface area contributed by atoms with Gasteiger partial charge in [0.1, 0.15) is 18.1 Å². The SMILES string of the molecule is CNC(C)C(=O)N[C@H]1CCCC[C@H]2CC[C@@H](C(=O)NCc3cccc(NC(=O)C4CCC(=O)N4)c3)N2C1=O. The van der Waals surface area contributed by atoms with E-state index in [-0.39, 0.29) is 42.1 Å². The van der Waals surface area contributed by atoms with Gasteiger partial charge in [-0.3, -0.25) is 24.0 Å². The summed E-state index contributed by atoms with van der Waals surface area (Å²) < 4.78 is 0. The van der Waals surface area contributed by atoms with Crippen molar-refractivity contribution in [2.24, 2.45) is 0 Å². The van der Waals surface area contributed by atoms with Crippen molar-refractivity contribution in [2.75, 3.05) is 12.4 Å². The number of hydrogen-bond acceptors (Lipinski definition) is 6. The van der Waals surface area contributed by atoms with E-state index >= 15 is 0 Å². The fourth-order valence-corrected chi connectivity index (χ4v) is 5.46. The second kappa shape index (κ2) is 12.4. The fourth-order valence-electron chi connectivity index (χ4n) is 5.46. The van der Waals surface area contributed by atoms with Gasteiger partial charge in [-0.25, -0.2) is 0 Å². The number of anilines is 1. The van der Waals surface area contributed by atoms with Gasteiger partial charge in [0.15, 0.2) is 0 Å². The summed E-state index contributed by atoms with van der Waals surface area (Å²) in [5.41, 5.74) is 1.38. The first-order valence-corrected chi connectivity index (χ1v) is 13.5. The minimum Gasteiger partial charge on any atom is -0.350 e. The highest BCUT2D eigenvalue weighted by Crippen LogP contribution is 2.31. The van der Waals surface area contributed by atoms with Crippen molar-refractivity contribution in [1.82, 2.24) is 26.2 Å². The van der Waals surface area contributed by atoms with E-state index in [1.165, 1.54) is 0 Å². The van der Waals surface area contributed by atoms with E-state index in [1.807, 2.05) is 6.07 Å². The summed E-state index contributed by atoms with van der Waals surface area (Å²) in [7, 11) is 1.69. The summed E-state index contributed by atoms with van der Waals surface area (Å²) in [5, 5.41) is 14.2. The zero-order valence-electron chi connectivity index (χ0n) is 22.0. The Labute approximate surface area is 222 Å². The monoisotopic (exact) mass is 526 g/mol. The van der Waals surface area contributed by atoms with Gasteiger partial charge in [-0.2, -0.15) is 0 Å². The number of likely N-dealkylation sites (N-methyl/N-ethyl adjacent to an activating group) is 1. The lowest BCUT2D eigenvalue weighted by molar-refractivity contribution is -0.144. The number of carbonyl (C=O) groups is 5. The molecule has 3 aliphatic rings. The minimum atomic E-state index is -0.639. The van der Waals surface area contributed by atoms with Crippen LogP contribution in [0.25, 0.3) is 0 Å². The zero-order chi connectivity index (χ0) is 27.2. The largest absolute Gasteiger partial charge is 0.350 e. The highest BCUT2D eigenvalue weighted by atomic mass is 16.2. The number of nitrogens with zero attached hydrogens (tertiary/aromatic N) is 1. The smallest absolute Gasteiger partial charge is 0.246 e. The van der Waals surface area contributed by atoms with Crippen LogP contribution in [0.15, 0.2) is 24.3 Å². The van der Waals surface area contributed by atoms with Crippen LogP contribution in [0, 0.1) is 0 Å². The van der Waals surface area contributed by atoms with Crippen LogP contribution in [0.5, 0.6) is 0 Å². The molecule has 4 rings (SSSR count). The fraction of sp³-hybridized carbons (Fsp3) is 0.593. The highest BCUT2D eigenvalue weighted by Gasteiger charge is 2.43. The van der Waals surface area contributed by atoms with Gasteiger partial charge in [0.2, 0.25) is 29.5 Å². The Balaban J connectivity index is 1.37. The predicted molar refractivity (Wildman–Crippen MR) is 141 cm³/mol. The number of nitrogens with one attached hydrogen (secondary N) is 5. The van der Waals surface area contributed by atoms with Gasteiger partial charge in [-0.15, -0.1) is 0 Å². The van der Waals surface area contributed by atoms with Gasteiger partial charge < -0.3 is 31.5 Å². The third-order valence-electron chi connectivity index (χ3n) is 7.75. The van der Waals surface area contributed by atoms with Crippen LogP contribution in [0.3, 0.4) is 0 Å². The van der Waals surface area contributed by atoms with Crippen molar-refractivity contribution in [3.8, 4) is 0 Å². The Bertz CT molecular complexity index is 1080. The Morgan fingerprint density at radius 1 is 1.05 bits per heavy atom. The number of rotatable bonds is 8. The average Bonchev–Trinajstić information content (AvgIpc) is 3.53. The summed E-state index contributed by atoms with van der Waals surface area (Å²) in [5.74, 6) is -1.04. The molecular weight excluding hydrogens is 488 g/mol. The molecule has 11 heteroatoms. The van der Waals surface area contributed by atoms with Gasteiger partial charge >= 0.3 is 0 Å². The third kappa shape index (κ3) is 6.50. The van der Waals surface area contributed by atoms with E-state index in [9.17, 15) is 24.0 Å². The first kappa shape index (κ1) is 27.6. The third-order valence-corrected chi connectivity index (χ3v) is 7.75. The van der Waals surface area contributed by atoms with Crippen LogP contribution >= 0.6 is 0 Å². The van der Waals surface area contributed by atoms with E-state index in [0.717, 1.165) is 31.2 Å². The highest BCUT2D eigenvalue weighted by molar-refractivity contribution is 5.99. The summed E-state index contributed by atoms with van der Waals surface area (Å²) in [6.07, 6.45) is 5.36. The van der Waals surface area contributed by atoms with Crippen molar-refractivity contribution in [2.45, 2.75) is 95.0 Å². The lowest BCUT2D eigenvalue weighted by atomic mass is 9.98. The van der Waals surface area contributed by atoms with Crippen molar-refractivity contribution < 1.29 is 24.0 Å². The molecule has 5 atom stereocenters. The topological polar surface area (TPSA) is 149 Å². The second-order valence-electron chi connectivity index (χ2n) is 10.4. The molecule has 0 radical (unpaired) electrons. The molecule has 0 bridgehead atoms. The van der Waals surface area contributed by atoms with Crippen LogP contribution in [0.4, 0.5) is 5.69 Å². The maximum atomic E-state index is 13.5. The van der Waals surface area contributed by atoms with Crippen LogP contribution in [0.2, 0.25) is 0 Å². The number of hydrogen-bond donors (Lipinski definition) is 5. The van der Waals surface area contributed by atoms with E-state index in [2.05, 4.69) is 26.6 Å². The van der Waals surface area contributed by atoms with Gasteiger partial charge in [0.05, 0.1) is 6.04 Å². The van der Waals surface area contributed by atoms with Crippen molar-refractivity contribution in [3.63, 3.8) is 0 Å². The maximum absolute atomic E-state index is 13.5. The van der Waals surface area contributed by atoms with Gasteiger partial charge in [0, 0.05) is 24.7 Å². The van der Waals surface area contributed by atoms with Crippen LogP contribution < -0.4 is 26.6 Å². The minimum absolute atomic E-state index is 0.00528. The summed E-state index contributed by atoms with van der Waals surface area (Å²) in [4.78, 5) is 64.8. The summed E-state index contributed by atoms with van der Waals surface area (Å²) >= 11 is 0. The Morgan fingerprint density at radius 2 is 1.84 bits per heavy atom. The van der Waals surface area contributed by atoms with E-state index in [1.54, 1.807) is 37.1 Å². The van der Waals surface area contributed by atoms with Crippen molar-refractivity contribution in [3.05, 3.63) is 29.8 Å². The van der Waals surface area contributed by atoms with Crippen LogP contribution in [-0.2, 0) is 30.5 Å². The molecule has 11 nitrogen and oxygen atoms in total. The van der Waals surface area contributed by atoms with Gasteiger partial charge in [-0.05, 0) is 63.8 Å². The molecular formula is C27H38N6O5. The number of amides is 5. The average molecular weight is 527 g/mol. The Morgan fingerprint density at radius 3 is 2.58 bits per heavy atom. The first-order valence-electron chi connectivity index (χ1n) is 13.5. The van der Waals surface area contributed by atoms with E-state index in [0.29, 0.717) is 31.4 Å². The van der Waals surface area contributed by atoms with E-state index < -0.39 is 24.2 Å². The molecule has 5 N–H and O–H groups in total. The lowest BCUT2D eigenvalue weighted by Crippen LogP contribution is -2.57. The van der Waals surface area contributed by atoms with E-state index in [4.69, 9.17) is 0 Å². The molecule has 3 heterocycles. The molecule has 0 spiro atoms. The number of benzene rings is 1. The molecule has 206 valence electrons. The zero-order valence-corrected chi connectivity index (χ0v) is 22.0. The van der Waals surface area contributed by atoms with Gasteiger partial charge in [-0.1, -0.05) is 25.0 Å². The first-order chi connectivity index (χ1) is 18.3. The molecule has 3 saturated heterocycles. The summed E-state index contributed by atoms with van der Waals surface area (Å²) in [6, 6.07) is 4.99. The Hall–Kier alpha value is -3.47. The van der Waals surface area contributed by atoms with Crippen LogP contribution in [0.1, 0.15) is 63.9 Å². The molecule has 2 unspecified atom stereocenters. The number of fused-ring (bicyclic) bond motifs is 1. The normalized spacial score (nSPS) is 26.0. The Kier molecular flexibility index (Phi) is 8.98. The molecule has 1 aromatic rings. The quantitative estimate of drug-likeness (QED) is 0.334. The molecule has 5 amide bonds. The molecule has 38 heavy (non-hydrogen) atoms. The summed E-state index contributed by atoms with van der Waals surface area (Å²) in [6.45, 7) is 1.98. The standard InChI is InChI=1S/C27H38N6O5/c1-16(28-2)24(35)32-21-9-4-3-8-19-10-12-22(33(19)27(21)38)26(37)29-15-17-6-5-7-18(14-17)30-25(36)20-11-13-23(34)31-20/h5-7,14,16,19-22,28H,3-4,8-13,15H2,1-2H3,(H,29,37)(H,30,36)(H,31,34)(H,32,35)/t16?,19-,20?,21-,22-/m0/s1. The van der Waals surface area contributed by atoms with Crippen molar-refractivity contribution in [1.29, 1.82) is 0 Å². The molecule has 0 aliphatic carbocycles.